The Hall–Kier alpha value is -3.22. The van der Waals surface area contributed by atoms with Crippen molar-refractivity contribution in [3.63, 3.8) is 0 Å². The Kier molecular flexibility index (Phi) is 9.24. The Morgan fingerprint density at radius 3 is 2.44 bits per heavy atom. The van der Waals surface area contributed by atoms with Crippen LogP contribution in [0.1, 0.15) is 43.5 Å². The second-order valence-electron chi connectivity index (χ2n) is 10.4. The lowest BCUT2D eigenvalue weighted by Gasteiger charge is -2.25. The number of nitrogens with one attached hydrogen (secondary N) is 2. The number of hydrogen-bond acceptors (Lipinski definition) is 7. The van der Waals surface area contributed by atoms with E-state index in [2.05, 4.69) is 10.6 Å². The first-order valence-corrected chi connectivity index (χ1v) is 14.2. The molecule has 39 heavy (non-hydrogen) atoms. The Morgan fingerprint density at radius 2 is 1.82 bits per heavy atom. The average molecular weight is 584 g/mol. The highest BCUT2D eigenvalue weighted by Crippen LogP contribution is 2.37. The van der Waals surface area contributed by atoms with Gasteiger partial charge in [0.1, 0.15) is 11.4 Å². The molecule has 2 N–H and O–H groups in total. The largest absolute Gasteiger partial charge is 0.444 e. The quantitative estimate of drug-likeness (QED) is 0.374. The van der Waals surface area contributed by atoms with Crippen molar-refractivity contribution in [2.24, 2.45) is 5.92 Å². The lowest BCUT2D eigenvalue weighted by Crippen LogP contribution is -2.40. The summed E-state index contributed by atoms with van der Waals surface area (Å²) in [6.07, 6.45) is 0.787. The molecule has 0 unspecified atom stereocenters. The first kappa shape index (κ1) is 30.3. The van der Waals surface area contributed by atoms with Crippen molar-refractivity contribution in [3.05, 3.63) is 63.9 Å². The van der Waals surface area contributed by atoms with Crippen molar-refractivity contribution in [1.29, 1.82) is 0 Å². The van der Waals surface area contributed by atoms with Gasteiger partial charge >= 0.3 is 17.9 Å². The van der Waals surface area contributed by atoms with Crippen molar-refractivity contribution in [2.45, 2.75) is 45.4 Å². The Bertz CT molecular complexity index is 1380. The van der Waals surface area contributed by atoms with Crippen LogP contribution in [0.3, 0.4) is 0 Å². The van der Waals surface area contributed by atoms with Gasteiger partial charge in [-0.3, -0.25) is 13.8 Å². The number of hydrogen-bond donors (Lipinski definition) is 2. The summed E-state index contributed by atoms with van der Waals surface area (Å²) in [6.45, 7) is 5.35. The highest BCUT2D eigenvalue weighted by atomic mass is 35.5. The maximum absolute atomic E-state index is 13.7. The molecule has 2 aromatic carbocycles. The molecule has 0 aliphatic heterocycles. The predicted octanol–water partition coefficient (Wildman–Crippen LogP) is 3.79. The Labute approximate surface area is 231 Å². The van der Waals surface area contributed by atoms with Crippen molar-refractivity contribution in [3.8, 4) is 0 Å². The van der Waals surface area contributed by atoms with Crippen molar-refractivity contribution in [2.75, 3.05) is 25.2 Å². The molecule has 1 aliphatic rings. The first-order valence-electron chi connectivity index (χ1n) is 12.0. The fourth-order valence-corrected chi connectivity index (χ4v) is 4.64. The number of carbonyl (C=O) groups excluding carboxylic acids is 3. The fraction of sp³-hybridized carbons (Fsp3) is 0.423. The van der Waals surface area contributed by atoms with Crippen LogP contribution in [0.2, 0.25) is 5.02 Å². The molecule has 0 bridgehead atoms. The van der Waals surface area contributed by atoms with Gasteiger partial charge in [0.25, 0.3) is 10.1 Å². The van der Waals surface area contributed by atoms with E-state index in [1.807, 2.05) is 6.07 Å². The first-order chi connectivity index (χ1) is 18.0. The van der Waals surface area contributed by atoms with Crippen LogP contribution >= 0.6 is 11.6 Å². The van der Waals surface area contributed by atoms with Crippen LogP contribution in [-0.2, 0) is 41.6 Å². The summed E-state index contributed by atoms with van der Waals surface area (Å²) in [4.78, 5) is 39.0. The zero-order valence-corrected chi connectivity index (χ0v) is 23.8. The second-order valence-corrected chi connectivity index (χ2v) is 12.4. The number of ether oxygens (including phenoxy) is 1. The van der Waals surface area contributed by atoms with E-state index in [9.17, 15) is 27.2 Å². The third kappa shape index (κ3) is 8.64. The molecule has 2 atom stereocenters. The molecule has 0 aromatic heterocycles. The normalized spacial score (nSPS) is 16.8. The van der Waals surface area contributed by atoms with Crippen LogP contribution < -0.4 is 10.6 Å². The number of halogens is 2. The molecule has 2 aromatic rings. The number of rotatable bonds is 7. The van der Waals surface area contributed by atoms with E-state index < -0.39 is 51.4 Å². The van der Waals surface area contributed by atoms with Gasteiger partial charge in [-0.1, -0.05) is 29.8 Å². The molecule has 13 heteroatoms. The van der Waals surface area contributed by atoms with Crippen molar-refractivity contribution in [1.82, 2.24) is 10.2 Å². The molecule has 0 fully saturated rings. The van der Waals surface area contributed by atoms with Gasteiger partial charge in [-0.2, -0.15) is 8.42 Å². The molecule has 1 aliphatic carbocycles. The Morgan fingerprint density at radius 1 is 1.13 bits per heavy atom. The lowest BCUT2D eigenvalue weighted by atomic mass is 10.0. The number of carbonyl (C=O) groups is 3. The summed E-state index contributed by atoms with van der Waals surface area (Å²) >= 11 is 5.65. The molecule has 0 spiro atoms. The number of nitrogens with zero attached hydrogens (tertiary/aromatic N) is 1. The maximum atomic E-state index is 13.7. The summed E-state index contributed by atoms with van der Waals surface area (Å²) in [5, 5.41) is 4.82. The summed E-state index contributed by atoms with van der Waals surface area (Å²) < 4.78 is 47.4. The second kappa shape index (κ2) is 11.9. The topological polar surface area (TPSA) is 131 Å². The van der Waals surface area contributed by atoms with Crippen LogP contribution in [0.4, 0.5) is 14.9 Å². The van der Waals surface area contributed by atoms with E-state index in [0.717, 1.165) is 23.4 Å². The minimum absolute atomic E-state index is 0.0413. The molecule has 0 saturated heterocycles. The SMILES string of the molecule is CN(Cc1ccc2c(c1)C[C@H](COS(C)(=O)=O)[C@H]2NC(=O)C(=O)Nc1ccc(Cl)c(F)c1)C(=O)OC(C)(C)C. The summed E-state index contributed by atoms with van der Waals surface area (Å²) in [5.74, 6) is -3.30. The van der Waals surface area contributed by atoms with Crippen molar-refractivity contribution < 1.29 is 36.1 Å². The smallest absolute Gasteiger partial charge is 0.410 e. The molecule has 212 valence electrons. The zero-order valence-electron chi connectivity index (χ0n) is 22.2. The number of amides is 3. The minimum atomic E-state index is -3.76. The predicted molar refractivity (Wildman–Crippen MR) is 143 cm³/mol. The summed E-state index contributed by atoms with van der Waals surface area (Å²) in [5.41, 5.74) is 1.67. The van der Waals surface area contributed by atoms with E-state index in [0.29, 0.717) is 12.0 Å². The van der Waals surface area contributed by atoms with Crippen LogP contribution in [0.15, 0.2) is 36.4 Å². The maximum Gasteiger partial charge on any atom is 0.410 e. The molecule has 0 heterocycles. The number of benzene rings is 2. The molecule has 0 radical (unpaired) electrons. The zero-order chi connectivity index (χ0) is 29.1. The number of anilines is 1. The summed E-state index contributed by atoms with van der Waals surface area (Å²) in [7, 11) is -2.15. The highest BCUT2D eigenvalue weighted by molar-refractivity contribution is 7.85. The molecule has 3 amide bonds. The van der Waals surface area contributed by atoms with E-state index in [-0.39, 0.29) is 23.9 Å². The van der Waals surface area contributed by atoms with Gasteiger partial charge in [-0.05, 0) is 62.1 Å². The third-order valence-corrected chi connectivity index (χ3v) is 6.66. The van der Waals surface area contributed by atoms with Gasteiger partial charge < -0.3 is 20.3 Å². The average Bonchev–Trinajstić information content (AvgIpc) is 3.15. The standard InChI is InChI=1S/C26H31ClFN3O7S/c1-26(2,3)38-25(34)31(4)13-15-6-8-19-16(10-15)11-17(14-37-39(5,35)36)22(19)30-24(33)23(32)29-18-7-9-20(27)21(28)12-18/h6-10,12,17,22H,11,13-14H2,1-5H3,(H,29,32)(H,30,33)/t17-,22-/m1/s1. The summed E-state index contributed by atoms with van der Waals surface area (Å²) in [6, 6.07) is 8.22. The van der Waals surface area contributed by atoms with Gasteiger partial charge in [0.2, 0.25) is 0 Å². The van der Waals surface area contributed by atoms with Gasteiger partial charge in [0.15, 0.2) is 0 Å². The molecular weight excluding hydrogens is 553 g/mol. The lowest BCUT2D eigenvalue weighted by molar-refractivity contribution is -0.136. The van der Waals surface area contributed by atoms with E-state index in [1.165, 1.54) is 17.0 Å². The van der Waals surface area contributed by atoms with Crippen LogP contribution in [0.5, 0.6) is 0 Å². The van der Waals surface area contributed by atoms with Crippen LogP contribution in [-0.4, -0.2) is 56.7 Å². The molecule has 0 saturated carbocycles. The van der Waals surface area contributed by atoms with E-state index in [1.54, 1.807) is 40.0 Å². The van der Waals surface area contributed by atoms with E-state index in [4.69, 9.17) is 20.5 Å². The van der Waals surface area contributed by atoms with Gasteiger partial charge in [0, 0.05) is 25.2 Å². The van der Waals surface area contributed by atoms with E-state index >= 15 is 0 Å². The van der Waals surface area contributed by atoms with Gasteiger partial charge in [-0.25, -0.2) is 9.18 Å². The molecule has 3 rings (SSSR count). The van der Waals surface area contributed by atoms with Crippen LogP contribution in [0, 0.1) is 11.7 Å². The fourth-order valence-electron chi connectivity index (χ4n) is 4.10. The minimum Gasteiger partial charge on any atom is -0.444 e. The third-order valence-electron chi connectivity index (χ3n) is 5.79. The van der Waals surface area contributed by atoms with Crippen molar-refractivity contribution >= 4 is 45.3 Å². The van der Waals surface area contributed by atoms with Gasteiger partial charge in [0.05, 0.1) is 23.9 Å². The van der Waals surface area contributed by atoms with Crippen LogP contribution in [0.25, 0.3) is 0 Å². The number of fused-ring (bicyclic) bond motifs is 1. The van der Waals surface area contributed by atoms with Gasteiger partial charge in [-0.15, -0.1) is 0 Å². The molecular formula is C26H31ClFN3O7S. The highest BCUT2D eigenvalue weighted by Gasteiger charge is 2.36. The molecule has 10 nitrogen and oxygen atoms in total. The Balaban J connectivity index is 1.77. The monoisotopic (exact) mass is 583 g/mol.